The minimum absolute atomic E-state index is 0.0332. The van der Waals surface area contributed by atoms with Gasteiger partial charge in [0.05, 0.1) is 0 Å². The Morgan fingerprint density at radius 1 is 1.44 bits per heavy atom. The van der Waals surface area contributed by atoms with Gasteiger partial charge in [0.15, 0.2) is 0 Å². The first kappa shape index (κ1) is 14.9. The van der Waals surface area contributed by atoms with Gasteiger partial charge in [-0.3, -0.25) is 4.79 Å². The van der Waals surface area contributed by atoms with Crippen LogP contribution in [0.2, 0.25) is 5.02 Å². The zero-order valence-corrected chi connectivity index (χ0v) is 11.5. The summed E-state index contributed by atoms with van der Waals surface area (Å²) < 4.78 is 13.2. The van der Waals surface area contributed by atoms with E-state index in [0.29, 0.717) is 6.54 Å². The van der Waals surface area contributed by atoms with Crippen molar-refractivity contribution in [1.82, 2.24) is 4.90 Å². The van der Waals surface area contributed by atoms with Crippen LogP contribution in [0.5, 0.6) is 0 Å². The molecule has 0 bridgehead atoms. The molecular weight excluding hydrogens is 257 g/mol. The monoisotopic (exact) mass is 273 g/mol. The fourth-order valence-corrected chi connectivity index (χ4v) is 1.88. The van der Waals surface area contributed by atoms with E-state index in [9.17, 15) is 9.18 Å². The molecule has 1 N–H and O–H groups in total. The van der Waals surface area contributed by atoms with Gasteiger partial charge in [-0.15, -0.1) is 0 Å². The molecule has 5 heteroatoms. The molecule has 0 saturated carbocycles. The van der Waals surface area contributed by atoms with Crippen molar-refractivity contribution in [1.29, 1.82) is 0 Å². The van der Waals surface area contributed by atoms with Crippen LogP contribution in [0.1, 0.15) is 24.2 Å². The van der Waals surface area contributed by atoms with E-state index in [0.717, 1.165) is 12.1 Å². The van der Waals surface area contributed by atoms with Gasteiger partial charge in [-0.25, -0.2) is 4.39 Å². The van der Waals surface area contributed by atoms with E-state index in [-0.39, 0.29) is 23.1 Å². The number of carbonyl (C=O) groups excluding carboxylic acids is 1. The van der Waals surface area contributed by atoms with E-state index in [1.165, 1.54) is 11.0 Å². The zero-order valence-electron chi connectivity index (χ0n) is 10.7. The van der Waals surface area contributed by atoms with Crippen molar-refractivity contribution in [2.75, 3.05) is 20.2 Å². The maximum absolute atomic E-state index is 13.2. The van der Waals surface area contributed by atoms with Crippen LogP contribution in [0.3, 0.4) is 0 Å². The van der Waals surface area contributed by atoms with Gasteiger partial charge in [0, 0.05) is 36.2 Å². The van der Waals surface area contributed by atoms with E-state index in [4.69, 9.17) is 16.7 Å². The van der Waals surface area contributed by atoms with Crippen LogP contribution in [0.4, 0.5) is 4.39 Å². The van der Waals surface area contributed by atoms with Crippen LogP contribution < -0.4 is 0 Å². The van der Waals surface area contributed by atoms with Gasteiger partial charge in [-0.05, 0) is 18.2 Å². The second kappa shape index (κ2) is 5.67. The Morgan fingerprint density at radius 2 is 2.06 bits per heavy atom. The lowest BCUT2D eigenvalue weighted by molar-refractivity contribution is 0.0663. The van der Waals surface area contributed by atoms with Crippen molar-refractivity contribution in [3.63, 3.8) is 0 Å². The number of hydrogen-bond donors (Lipinski definition) is 1. The number of carbonyl (C=O) groups is 1. The number of benzene rings is 1. The van der Waals surface area contributed by atoms with Gasteiger partial charge in [0.2, 0.25) is 0 Å². The number of aliphatic hydroxyl groups excluding tert-OH is 1. The Balaban J connectivity index is 2.87. The van der Waals surface area contributed by atoms with E-state index < -0.39 is 11.2 Å². The largest absolute Gasteiger partial charge is 0.396 e. The predicted octanol–water partition coefficient (Wildman–Crippen LogP) is 2.57. The second-order valence-electron chi connectivity index (χ2n) is 5.14. The van der Waals surface area contributed by atoms with Crippen LogP contribution >= 0.6 is 11.6 Å². The molecular formula is C13H17ClFNO2. The fourth-order valence-electron chi connectivity index (χ4n) is 1.66. The normalized spacial score (nSPS) is 11.4. The first-order valence-electron chi connectivity index (χ1n) is 5.57. The maximum Gasteiger partial charge on any atom is 0.253 e. The number of aliphatic hydroxyl groups is 1. The molecule has 0 fully saturated rings. The summed E-state index contributed by atoms with van der Waals surface area (Å²) in [6.45, 7) is 4.02. The minimum atomic E-state index is -0.541. The molecule has 0 saturated heterocycles. The van der Waals surface area contributed by atoms with Gasteiger partial charge in [-0.1, -0.05) is 25.4 Å². The molecule has 0 atom stereocenters. The molecule has 1 aromatic rings. The summed E-state index contributed by atoms with van der Waals surface area (Å²) >= 11 is 5.71. The summed E-state index contributed by atoms with van der Waals surface area (Å²) in [6, 6.07) is 3.72. The summed E-state index contributed by atoms with van der Waals surface area (Å²) in [7, 11) is 1.61. The Kier molecular flexibility index (Phi) is 4.71. The first-order chi connectivity index (χ1) is 8.25. The highest BCUT2D eigenvalue weighted by Crippen LogP contribution is 2.19. The van der Waals surface area contributed by atoms with Crippen molar-refractivity contribution in [2.45, 2.75) is 13.8 Å². The SMILES string of the molecule is CN(CC(C)(C)CO)C(=O)c1cc(F)cc(Cl)c1. The van der Waals surface area contributed by atoms with Gasteiger partial charge in [-0.2, -0.15) is 0 Å². The standard InChI is InChI=1S/C13H17ClFNO2/c1-13(2,8-17)7-16(3)12(18)9-4-10(14)6-11(15)5-9/h4-6,17H,7-8H2,1-3H3. The Labute approximate surface area is 111 Å². The van der Waals surface area contributed by atoms with Crippen molar-refractivity contribution in [3.8, 4) is 0 Å². The van der Waals surface area contributed by atoms with Crippen LogP contribution in [0, 0.1) is 11.2 Å². The van der Waals surface area contributed by atoms with Crippen LogP contribution in [0.15, 0.2) is 18.2 Å². The summed E-state index contributed by atoms with van der Waals surface area (Å²) in [5, 5.41) is 9.35. The van der Waals surface area contributed by atoms with Crippen molar-refractivity contribution in [3.05, 3.63) is 34.6 Å². The van der Waals surface area contributed by atoms with E-state index >= 15 is 0 Å². The average molecular weight is 274 g/mol. The van der Waals surface area contributed by atoms with Crippen LogP contribution in [-0.2, 0) is 0 Å². The zero-order chi connectivity index (χ0) is 13.9. The minimum Gasteiger partial charge on any atom is -0.396 e. The molecule has 0 aliphatic heterocycles. The van der Waals surface area contributed by atoms with Gasteiger partial charge in [0.25, 0.3) is 5.91 Å². The highest BCUT2D eigenvalue weighted by atomic mass is 35.5. The highest BCUT2D eigenvalue weighted by Gasteiger charge is 2.22. The molecule has 1 aromatic carbocycles. The van der Waals surface area contributed by atoms with Crippen molar-refractivity contribution >= 4 is 17.5 Å². The third-order valence-corrected chi connectivity index (χ3v) is 2.77. The lowest BCUT2D eigenvalue weighted by Crippen LogP contribution is -2.37. The number of rotatable bonds is 4. The topological polar surface area (TPSA) is 40.5 Å². The van der Waals surface area contributed by atoms with Gasteiger partial charge >= 0.3 is 0 Å². The number of halogens is 2. The summed E-state index contributed by atoms with van der Waals surface area (Å²) in [4.78, 5) is 13.5. The fraction of sp³-hybridized carbons (Fsp3) is 0.462. The molecule has 0 aromatic heterocycles. The first-order valence-corrected chi connectivity index (χ1v) is 5.95. The summed E-state index contributed by atoms with van der Waals surface area (Å²) in [5.74, 6) is -0.862. The molecule has 0 unspecified atom stereocenters. The molecule has 1 rings (SSSR count). The van der Waals surface area contributed by atoms with Crippen LogP contribution in [-0.4, -0.2) is 36.1 Å². The lowest BCUT2D eigenvalue weighted by Gasteiger charge is -2.28. The van der Waals surface area contributed by atoms with E-state index in [1.807, 2.05) is 13.8 Å². The summed E-state index contributed by atoms with van der Waals surface area (Å²) in [5.41, 5.74) is -0.196. The van der Waals surface area contributed by atoms with Crippen molar-refractivity contribution < 1.29 is 14.3 Å². The van der Waals surface area contributed by atoms with Gasteiger partial charge in [0.1, 0.15) is 5.82 Å². The highest BCUT2D eigenvalue weighted by molar-refractivity contribution is 6.31. The number of amides is 1. The average Bonchev–Trinajstić information content (AvgIpc) is 2.26. The lowest BCUT2D eigenvalue weighted by atomic mass is 9.94. The van der Waals surface area contributed by atoms with Gasteiger partial charge < -0.3 is 10.0 Å². The predicted molar refractivity (Wildman–Crippen MR) is 69.2 cm³/mol. The number of nitrogens with zero attached hydrogens (tertiary/aromatic N) is 1. The van der Waals surface area contributed by atoms with Crippen LogP contribution in [0.25, 0.3) is 0 Å². The Hall–Kier alpha value is -1.13. The smallest absolute Gasteiger partial charge is 0.253 e. The van der Waals surface area contributed by atoms with E-state index in [1.54, 1.807) is 7.05 Å². The molecule has 1 amide bonds. The van der Waals surface area contributed by atoms with Crippen molar-refractivity contribution in [2.24, 2.45) is 5.41 Å². The Morgan fingerprint density at radius 3 is 2.56 bits per heavy atom. The quantitative estimate of drug-likeness (QED) is 0.916. The number of hydrogen-bond acceptors (Lipinski definition) is 2. The third kappa shape index (κ3) is 3.96. The molecule has 100 valence electrons. The molecule has 0 radical (unpaired) electrons. The molecule has 0 aliphatic rings. The second-order valence-corrected chi connectivity index (χ2v) is 5.58. The molecule has 0 aliphatic carbocycles. The molecule has 0 heterocycles. The Bertz CT molecular complexity index is 428. The molecule has 0 spiro atoms. The maximum atomic E-state index is 13.2. The molecule has 18 heavy (non-hydrogen) atoms. The summed E-state index contributed by atoms with van der Waals surface area (Å²) in [6.07, 6.45) is 0. The van der Waals surface area contributed by atoms with E-state index in [2.05, 4.69) is 0 Å². The third-order valence-electron chi connectivity index (χ3n) is 2.55. The molecule has 3 nitrogen and oxygen atoms in total.